The lowest BCUT2D eigenvalue weighted by atomic mass is 10.1. The average Bonchev–Trinajstić information content (AvgIpc) is 2.16. The molecule has 0 radical (unpaired) electrons. The number of rotatable bonds is 8. The molecule has 2 nitrogen and oxygen atoms in total. The highest BCUT2D eigenvalue weighted by Gasteiger charge is 2.36. The summed E-state index contributed by atoms with van der Waals surface area (Å²) >= 11 is 0. The van der Waals surface area contributed by atoms with Crippen molar-refractivity contribution in [2.24, 2.45) is 0 Å². The van der Waals surface area contributed by atoms with Crippen LogP contribution in [0.15, 0.2) is 0 Å². The Hall–Kier alpha value is -0.153. The van der Waals surface area contributed by atoms with E-state index >= 15 is 0 Å². The van der Waals surface area contributed by atoms with E-state index in [4.69, 9.17) is 4.43 Å². The maximum atomic E-state index is 11.6. The highest BCUT2D eigenvalue weighted by Crippen LogP contribution is 2.36. The van der Waals surface area contributed by atoms with Gasteiger partial charge in [-0.1, -0.05) is 40.5 Å². The molecule has 17 heavy (non-hydrogen) atoms. The van der Waals surface area contributed by atoms with Crippen LogP contribution in [0.4, 0.5) is 0 Å². The number of Topliss-reactive ketones (excluding diaryl/α,β-unsaturated/α-hetero) is 1. The third-order valence-electron chi connectivity index (χ3n) is 3.71. The van der Waals surface area contributed by atoms with Crippen LogP contribution in [0.3, 0.4) is 0 Å². The lowest BCUT2D eigenvalue weighted by Gasteiger charge is -2.36. The van der Waals surface area contributed by atoms with E-state index in [-0.39, 0.29) is 5.04 Å². The van der Waals surface area contributed by atoms with Gasteiger partial charge in [-0.15, -0.1) is 0 Å². The summed E-state index contributed by atoms with van der Waals surface area (Å²) in [6.07, 6.45) is 4.70. The molecule has 0 bridgehead atoms. The summed E-state index contributed by atoms with van der Waals surface area (Å²) in [4.78, 5) is 11.6. The van der Waals surface area contributed by atoms with Crippen LogP contribution in [0.25, 0.3) is 0 Å². The maximum Gasteiger partial charge on any atom is 0.191 e. The molecule has 0 heterocycles. The van der Waals surface area contributed by atoms with E-state index in [0.717, 1.165) is 19.3 Å². The van der Waals surface area contributed by atoms with Crippen molar-refractivity contribution >= 4 is 14.1 Å². The van der Waals surface area contributed by atoms with Crippen molar-refractivity contribution in [3.8, 4) is 0 Å². The summed E-state index contributed by atoms with van der Waals surface area (Å²) in [5.74, 6) is 0.358. The number of carbonyl (C=O) groups is 1. The molecule has 0 aliphatic rings. The quantitative estimate of drug-likeness (QED) is 0.472. The van der Waals surface area contributed by atoms with E-state index in [1.165, 1.54) is 6.42 Å². The molecule has 0 unspecified atom stereocenters. The molecule has 0 rings (SSSR count). The first kappa shape index (κ1) is 16.8. The maximum absolute atomic E-state index is 11.6. The summed E-state index contributed by atoms with van der Waals surface area (Å²) in [6, 6.07) is 0. The van der Waals surface area contributed by atoms with Gasteiger partial charge in [0.15, 0.2) is 8.32 Å². The Kier molecular flexibility index (Phi) is 7.25. The monoisotopic (exact) mass is 258 g/mol. The van der Waals surface area contributed by atoms with Crippen LogP contribution >= 0.6 is 0 Å². The molecule has 0 saturated heterocycles. The van der Waals surface area contributed by atoms with E-state index in [9.17, 15) is 4.79 Å². The third kappa shape index (κ3) is 6.99. The topological polar surface area (TPSA) is 26.3 Å². The van der Waals surface area contributed by atoms with Gasteiger partial charge in [0.25, 0.3) is 0 Å². The predicted molar refractivity (Wildman–Crippen MR) is 76.9 cm³/mol. The van der Waals surface area contributed by atoms with E-state index < -0.39 is 8.32 Å². The van der Waals surface area contributed by atoms with E-state index in [0.29, 0.717) is 18.8 Å². The zero-order valence-electron chi connectivity index (χ0n) is 12.6. The average molecular weight is 258 g/mol. The molecule has 0 aromatic rings. The van der Waals surface area contributed by atoms with Crippen LogP contribution in [0.5, 0.6) is 0 Å². The standard InChI is InChI=1S/C14H30O2Si/c1-7-8-9-10-13(15)11-12-16-17(5,6)14(2,3)4/h7-12H2,1-6H3. The number of unbranched alkanes of at least 4 members (excludes halogenated alkanes) is 2. The smallest absolute Gasteiger partial charge is 0.191 e. The van der Waals surface area contributed by atoms with Crippen LogP contribution in [0.1, 0.15) is 59.8 Å². The first-order chi connectivity index (χ1) is 7.70. The number of ketones is 1. The molecule has 0 aliphatic heterocycles. The fourth-order valence-corrected chi connectivity index (χ4v) is 2.38. The van der Waals surface area contributed by atoms with Crippen LogP contribution in [0, 0.1) is 0 Å². The first-order valence-electron chi connectivity index (χ1n) is 6.86. The lowest BCUT2D eigenvalue weighted by Crippen LogP contribution is -2.41. The zero-order valence-corrected chi connectivity index (χ0v) is 13.6. The zero-order chi connectivity index (χ0) is 13.5. The fraction of sp³-hybridized carbons (Fsp3) is 0.929. The molecular weight excluding hydrogens is 228 g/mol. The lowest BCUT2D eigenvalue weighted by molar-refractivity contribution is -0.119. The molecule has 0 N–H and O–H groups in total. The molecule has 3 heteroatoms. The van der Waals surface area contributed by atoms with Crippen molar-refractivity contribution < 1.29 is 9.22 Å². The van der Waals surface area contributed by atoms with Crippen LogP contribution in [-0.4, -0.2) is 20.7 Å². The van der Waals surface area contributed by atoms with Crippen LogP contribution < -0.4 is 0 Å². The Morgan fingerprint density at radius 1 is 1.12 bits per heavy atom. The minimum absolute atomic E-state index is 0.234. The van der Waals surface area contributed by atoms with Gasteiger partial charge < -0.3 is 4.43 Å². The molecule has 0 atom stereocenters. The Bertz CT molecular complexity index is 229. The van der Waals surface area contributed by atoms with Crippen molar-refractivity contribution in [2.45, 2.75) is 77.9 Å². The summed E-state index contributed by atoms with van der Waals surface area (Å²) < 4.78 is 5.99. The van der Waals surface area contributed by atoms with E-state index in [2.05, 4.69) is 40.8 Å². The summed E-state index contributed by atoms with van der Waals surface area (Å²) in [6.45, 7) is 13.9. The minimum atomic E-state index is -1.66. The van der Waals surface area contributed by atoms with Gasteiger partial charge in [-0.05, 0) is 24.6 Å². The Morgan fingerprint density at radius 3 is 2.18 bits per heavy atom. The Labute approximate surface area is 108 Å². The normalized spacial score (nSPS) is 12.8. The highest BCUT2D eigenvalue weighted by molar-refractivity contribution is 6.74. The molecule has 0 aliphatic carbocycles. The second-order valence-corrected chi connectivity index (χ2v) is 11.2. The van der Waals surface area contributed by atoms with Crippen molar-refractivity contribution in [1.82, 2.24) is 0 Å². The molecule has 102 valence electrons. The van der Waals surface area contributed by atoms with E-state index in [1.54, 1.807) is 0 Å². The SMILES string of the molecule is CCCCCC(=O)CCO[Si](C)(C)C(C)(C)C. The summed E-state index contributed by atoms with van der Waals surface area (Å²) in [7, 11) is -1.66. The van der Waals surface area contributed by atoms with Gasteiger partial charge in [-0.25, -0.2) is 0 Å². The van der Waals surface area contributed by atoms with E-state index in [1.807, 2.05) is 0 Å². The number of hydrogen-bond donors (Lipinski definition) is 0. The predicted octanol–water partition coefficient (Wildman–Crippen LogP) is 4.55. The molecule has 0 amide bonds. The second-order valence-electron chi connectivity index (χ2n) is 6.35. The first-order valence-corrected chi connectivity index (χ1v) is 9.77. The van der Waals surface area contributed by atoms with Gasteiger partial charge >= 0.3 is 0 Å². The van der Waals surface area contributed by atoms with Gasteiger partial charge in [-0.2, -0.15) is 0 Å². The van der Waals surface area contributed by atoms with Crippen molar-refractivity contribution in [3.63, 3.8) is 0 Å². The van der Waals surface area contributed by atoms with Gasteiger partial charge in [0.05, 0.1) is 0 Å². The van der Waals surface area contributed by atoms with Crippen LogP contribution in [-0.2, 0) is 9.22 Å². The minimum Gasteiger partial charge on any atom is -0.416 e. The largest absolute Gasteiger partial charge is 0.416 e. The van der Waals surface area contributed by atoms with Gasteiger partial charge in [0, 0.05) is 19.4 Å². The van der Waals surface area contributed by atoms with Crippen molar-refractivity contribution in [1.29, 1.82) is 0 Å². The summed E-state index contributed by atoms with van der Waals surface area (Å²) in [5, 5.41) is 0.234. The molecular formula is C14H30O2Si. The number of carbonyl (C=O) groups excluding carboxylic acids is 1. The van der Waals surface area contributed by atoms with Gasteiger partial charge in [-0.3, -0.25) is 4.79 Å². The Balaban J connectivity index is 3.80. The summed E-state index contributed by atoms with van der Waals surface area (Å²) in [5.41, 5.74) is 0. The molecule has 0 aromatic heterocycles. The molecule has 0 spiro atoms. The molecule has 0 saturated carbocycles. The fourth-order valence-electron chi connectivity index (χ4n) is 1.33. The van der Waals surface area contributed by atoms with Crippen LogP contribution in [0.2, 0.25) is 18.1 Å². The molecule has 0 fully saturated rings. The van der Waals surface area contributed by atoms with Crippen molar-refractivity contribution in [2.75, 3.05) is 6.61 Å². The van der Waals surface area contributed by atoms with Gasteiger partial charge in [0.1, 0.15) is 5.78 Å². The number of hydrogen-bond acceptors (Lipinski definition) is 2. The highest BCUT2D eigenvalue weighted by atomic mass is 28.4. The third-order valence-corrected chi connectivity index (χ3v) is 8.25. The Morgan fingerprint density at radius 2 is 1.71 bits per heavy atom. The second kappa shape index (κ2) is 7.32. The molecule has 0 aromatic carbocycles. The van der Waals surface area contributed by atoms with Gasteiger partial charge in [0.2, 0.25) is 0 Å². The van der Waals surface area contributed by atoms with Crippen molar-refractivity contribution in [3.05, 3.63) is 0 Å².